The molecular weight excluding hydrogens is 322 g/mol. The fourth-order valence-electron chi connectivity index (χ4n) is 3.47. The molecule has 0 aliphatic carbocycles. The van der Waals surface area contributed by atoms with Crippen LogP contribution in [0.3, 0.4) is 0 Å². The van der Waals surface area contributed by atoms with Crippen molar-refractivity contribution in [3.8, 4) is 0 Å². The van der Waals surface area contributed by atoms with Crippen molar-refractivity contribution in [2.24, 2.45) is 0 Å². The Morgan fingerprint density at radius 2 is 1.60 bits per heavy atom. The van der Waals surface area contributed by atoms with Gasteiger partial charge in [-0.1, -0.05) is 12.1 Å². The molecule has 0 radical (unpaired) electrons. The van der Waals surface area contributed by atoms with Gasteiger partial charge in [0, 0.05) is 26.1 Å². The molecule has 1 N–H and O–H groups in total. The van der Waals surface area contributed by atoms with Crippen LogP contribution >= 0.6 is 0 Å². The Labute approximate surface area is 146 Å². The van der Waals surface area contributed by atoms with Crippen molar-refractivity contribution in [2.75, 3.05) is 13.1 Å². The van der Waals surface area contributed by atoms with E-state index in [9.17, 15) is 19.2 Å². The first kappa shape index (κ1) is 17.1. The van der Waals surface area contributed by atoms with Gasteiger partial charge in [-0.2, -0.15) is 0 Å². The third-order valence-corrected chi connectivity index (χ3v) is 4.78. The minimum Gasteiger partial charge on any atom is -0.353 e. The van der Waals surface area contributed by atoms with Crippen molar-refractivity contribution in [1.29, 1.82) is 0 Å². The second-order valence-electron chi connectivity index (χ2n) is 6.50. The van der Waals surface area contributed by atoms with Gasteiger partial charge in [-0.3, -0.25) is 24.1 Å². The summed E-state index contributed by atoms with van der Waals surface area (Å²) in [4.78, 5) is 51.6. The number of fused-ring (bicyclic) bond motifs is 1. The highest BCUT2D eigenvalue weighted by molar-refractivity contribution is 6.22. The van der Waals surface area contributed by atoms with E-state index >= 15 is 0 Å². The third-order valence-electron chi connectivity index (χ3n) is 4.78. The van der Waals surface area contributed by atoms with E-state index in [1.807, 2.05) is 0 Å². The average Bonchev–Trinajstić information content (AvgIpc) is 2.85. The molecule has 7 heteroatoms. The van der Waals surface area contributed by atoms with Crippen LogP contribution in [0.2, 0.25) is 0 Å². The first-order chi connectivity index (χ1) is 11.9. The largest absolute Gasteiger partial charge is 0.353 e. The van der Waals surface area contributed by atoms with Gasteiger partial charge in [-0.25, -0.2) is 0 Å². The maximum atomic E-state index is 12.7. The van der Waals surface area contributed by atoms with Gasteiger partial charge < -0.3 is 10.2 Å². The van der Waals surface area contributed by atoms with Crippen LogP contribution in [0.15, 0.2) is 24.3 Å². The second-order valence-corrected chi connectivity index (χ2v) is 6.50. The lowest BCUT2D eigenvalue weighted by Crippen LogP contribution is -2.53. The van der Waals surface area contributed by atoms with E-state index in [0.29, 0.717) is 37.1 Å². The zero-order valence-corrected chi connectivity index (χ0v) is 14.3. The average molecular weight is 343 g/mol. The monoisotopic (exact) mass is 343 g/mol. The number of piperidine rings is 1. The number of amides is 4. The summed E-state index contributed by atoms with van der Waals surface area (Å²) in [6.45, 7) is 4.06. The molecule has 132 valence electrons. The number of likely N-dealkylation sites (tertiary alicyclic amines) is 1. The Morgan fingerprint density at radius 1 is 1.08 bits per heavy atom. The van der Waals surface area contributed by atoms with Gasteiger partial charge in [-0.15, -0.1) is 0 Å². The molecule has 1 fully saturated rings. The molecule has 4 amide bonds. The Morgan fingerprint density at radius 3 is 2.08 bits per heavy atom. The molecule has 25 heavy (non-hydrogen) atoms. The molecule has 2 heterocycles. The van der Waals surface area contributed by atoms with Crippen LogP contribution in [0.4, 0.5) is 0 Å². The van der Waals surface area contributed by atoms with Gasteiger partial charge in [0.15, 0.2) is 0 Å². The minimum atomic E-state index is -0.843. The van der Waals surface area contributed by atoms with Gasteiger partial charge >= 0.3 is 0 Å². The predicted molar refractivity (Wildman–Crippen MR) is 89.8 cm³/mol. The minimum absolute atomic E-state index is 0.0659. The molecule has 0 aromatic heterocycles. The number of carbonyl (C=O) groups is 4. The Hall–Kier alpha value is -2.70. The van der Waals surface area contributed by atoms with E-state index in [1.54, 1.807) is 36.1 Å². The Kier molecular flexibility index (Phi) is 4.57. The standard InChI is InChI=1S/C18H21N3O4/c1-11(16(23)20-9-7-13(8-10-20)19-12(2)22)21-17(24)14-5-3-4-6-15(14)18(21)25/h3-6,11,13H,7-10H2,1-2H3,(H,19,22). The molecule has 1 aromatic carbocycles. The van der Waals surface area contributed by atoms with E-state index < -0.39 is 17.9 Å². The van der Waals surface area contributed by atoms with Crippen molar-refractivity contribution in [3.63, 3.8) is 0 Å². The Balaban J connectivity index is 1.67. The summed E-state index contributed by atoms with van der Waals surface area (Å²) in [5.74, 6) is -1.16. The number of carbonyl (C=O) groups excluding carboxylic acids is 4. The number of nitrogens with one attached hydrogen (secondary N) is 1. The third kappa shape index (κ3) is 3.14. The lowest BCUT2D eigenvalue weighted by atomic mass is 10.0. The van der Waals surface area contributed by atoms with Crippen LogP contribution in [0.5, 0.6) is 0 Å². The van der Waals surface area contributed by atoms with Gasteiger partial charge in [0.2, 0.25) is 11.8 Å². The highest BCUT2D eigenvalue weighted by Gasteiger charge is 2.42. The van der Waals surface area contributed by atoms with Crippen molar-refractivity contribution in [2.45, 2.75) is 38.8 Å². The molecule has 1 aromatic rings. The lowest BCUT2D eigenvalue weighted by Gasteiger charge is -2.35. The molecular formula is C18H21N3O4. The fourth-order valence-corrected chi connectivity index (χ4v) is 3.47. The summed E-state index contributed by atoms with van der Waals surface area (Å²) in [5, 5.41) is 2.86. The smallest absolute Gasteiger partial charge is 0.262 e. The first-order valence-electron chi connectivity index (χ1n) is 8.43. The SMILES string of the molecule is CC(=O)NC1CCN(C(=O)C(C)N2C(=O)c3ccccc3C2=O)CC1. The zero-order valence-electron chi connectivity index (χ0n) is 14.3. The van der Waals surface area contributed by atoms with Crippen LogP contribution in [-0.2, 0) is 9.59 Å². The molecule has 7 nitrogen and oxygen atoms in total. The van der Waals surface area contributed by atoms with E-state index in [4.69, 9.17) is 0 Å². The molecule has 3 rings (SSSR count). The summed E-state index contributed by atoms with van der Waals surface area (Å²) in [6, 6.07) is 5.83. The number of imide groups is 1. The maximum absolute atomic E-state index is 12.7. The van der Waals surface area contributed by atoms with Gasteiger partial charge in [0.1, 0.15) is 6.04 Å². The summed E-state index contributed by atoms with van der Waals surface area (Å²) >= 11 is 0. The Bertz CT molecular complexity index is 703. The van der Waals surface area contributed by atoms with Crippen LogP contribution in [0.25, 0.3) is 0 Å². The zero-order chi connectivity index (χ0) is 18.1. The van der Waals surface area contributed by atoms with Crippen LogP contribution in [-0.4, -0.2) is 58.6 Å². The first-order valence-corrected chi connectivity index (χ1v) is 8.43. The van der Waals surface area contributed by atoms with Gasteiger partial charge in [0.05, 0.1) is 11.1 Å². The number of benzene rings is 1. The van der Waals surface area contributed by atoms with E-state index in [-0.39, 0.29) is 17.9 Å². The van der Waals surface area contributed by atoms with Gasteiger partial charge in [-0.05, 0) is 31.9 Å². The number of hydrogen-bond donors (Lipinski definition) is 1. The van der Waals surface area contributed by atoms with Crippen LogP contribution in [0, 0.1) is 0 Å². The van der Waals surface area contributed by atoms with E-state index in [1.165, 1.54) is 6.92 Å². The quantitative estimate of drug-likeness (QED) is 0.823. The topological polar surface area (TPSA) is 86.8 Å². The molecule has 2 aliphatic heterocycles. The highest BCUT2D eigenvalue weighted by Crippen LogP contribution is 2.25. The molecule has 1 atom stereocenters. The summed E-state index contributed by atoms with van der Waals surface area (Å²) in [7, 11) is 0. The predicted octanol–water partition coefficient (Wildman–Crippen LogP) is 0.798. The van der Waals surface area contributed by atoms with Crippen molar-refractivity contribution in [3.05, 3.63) is 35.4 Å². The second kappa shape index (κ2) is 6.66. The normalized spacial score (nSPS) is 19.0. The van der Waals surface area contributed by atoms with Crippen LogP contribution in [0.1, 0.15) is 47.4 Å². The fraction of sp³-hybridized carbons (Fsp3) is 0.444. The lowest BCUT2D eigenvalue weighted by molar-refractivity contribution is -0.136. The molecule has 1 saturated heterocycles. The van der Waals surface area contributed by atoms with E-state index in [2.05, 4.69) is 5.32 Å². The van der Waals surface area contributed by atoms with Crippen LogP contribution < -0.4 is 5.32 Å². The van der Waals surface area contributed by atoms with Crippen molar-refractivity contribution < 1.29 is 19.2 Å². The summed E-state index contributed by atoms with van der Waals surface area (Å²) in [5.41, 5.74) is 0.688. The highest BCUT2D eigenvalue weighted by atomic mass is 16.2. The molecule has 2 aliphatic rings. The summed E-state index contributed by atoms with van der Waals surface area (Å²) < 4.78 is 0. The molecule has 1 unspecified atom stereocenters. The van der Waals surface area contributed by atoms with Gasteiger partial charge in [0.25, 0.3) is 11.8 Å². The van der Waals surface area contributed by atoms with Crippen molar-refractivity contribution >= 4 is 23.6 Å². The van der Waals surface area contributed by atoms with Crippen molar-refractivity contribution in [1.82, 2.24) is 15.1 Å². The molecule has 0 saturated carbocycles. The maximum Gasteiger partial charge on any atom is 0.262 e. The van der Waals surface area contributed by atoms with E-state index in [0.717, 1.165) is 4.90 Å². The summed E-state index contributed by atoms with van der Waals surface area (Å²) in [6.07, 6.45) is 1.33. The number of nitrogens with zero attached hydrogens (tertiary/aromatic N) is 2. The molecule has 0 spiro atoms. The molecule has 0 bridgehead atoms. The number of rotatable bonds is 3. The number of hydrogen-bond acceptors (Lipinski definition) is 4.